The van der Waals surface area contributed by atoms with Crippen molar-refractivity contribution in [1.29, 1.82) is 0 Å². The molecule has 0 aromatic heterocycles. The van der Waals surface area contributed by atoms with Crippen LogP contribution in [0.2, 0.25) is 0 Å². The smallest absolute Gasteiger partial charge is 0.0712 e. The van der Waals surface area contributed by atoms with Gasteiger partial charge in [0, 0.05) is 0 Å². The van der Waals surface area contributed by atoms with Crippen molar-refractivity contribution < 1.29 is 19.5 Å². The van der Waals surface area contributed by atoms with Crippen LogP contribution in [-0.4, -0.2) is 0 Å². The van der Waals surface area contributed by atoms with E-state index in [0.717, 1.165) is 0 Å². The maximum absolute atomic E-state index is 3.59. The number of rotatable bonds is 1. The second kappa shape index (κ2) is 5.93. The molecule has 0 unspecified atom stereocenters. The zero-order valence-electron chi connectivity index (χ0n) is 9.69. The van der Waals surface area contributed by atoms with Crippen LogP contribution in [0.3, 0.4) is 0 Å². The fraction of sp³-hybridized carbons (Fsp3) is 0.500. The molecule has 1 aromatic rings. The molecular formula is C12H16Br2Ru+2. The van der Waals surface area contributed by atoms with Crippen LogP contribution in [-0.2, 0) is 19.5 Å². The van der Waals surface area contributed by atoms with E-state index in [9.17, 15) is 0 Å². The summed E-state index contributed by atoms with van der Waals surface area (Å²) in [6.07, 6.45) is 0. The molecule has 0 aliphatic carbocycles. The standard InChI is InChI=1S/C12H16Br2.Ru/c1-6-7(2)9(4)11(12(13)14)10(5)8(6)3;/h12H,1-5H3;/q;+2. The molecule has 0 aliphatic heterocycles. The number of hydrogen-bond acceptors (Lipinski definition) is 0. The third-order valence-corrected chi connectivity index (χ3v) is 4.19. The van der Waals surface area contributed by atoms with Crippen molar-refractivity contribution in [3.8, 4) is 0 Å². The van der Waals surface area contributed by atoms with E-state index in [1.165, 1.54) is 33.4 Å². The van der Waals surface area contributed by atoms with Gasteiger partial charge in [0.25, 0.3) is 0 Å². The first-order valence-electron chi connectivity index (χ1n) is 4.73. The van der Waals surface area contributed by atoms with Crippen LogP contribution in [0.1, 0.15) is 37.1 Å². The summed E-state index contributed by atoms with van der Waals surface area (Å²) in [6.45, 7) is 11.0. The molecule has 0 amide bonds. The van der Waals surface area contributed by atoms with Crippen LogP contribution >= 0.6 is 31.9 Å². The zero-order valence-corrected chi connectivity index (χ0v) is 14.6. The first-order chi connectivity index (χ1) is 6.37. The van der Waals surface area contributed by atoms with E-state index in [1.807, 2.05) is 0 Å². The minimum Gasteiger partial charge on any atom is -0.0712 e. The fourth-order valence-corrected chi connectivity index (χ4v) is 3.23. The van der Waals surface area contributed by atoms with Crippen LogP contribution in [0, 0.1) is 34.6 Å². The van der Waals surface area contributed by atoms with E-state index >= 15 is 0 Å². The summed E-state index contributed by atoms with van der Waals surface area (Å²) in [6, 6.07) is 0. The van der Waals surface area contributed by atoms with Crippen molar-refractivity contribution in [2.24, 2.45) is 0 Å². The monoisotopic (exact) mass is 420 g/mol. The number of hydrogen-bond donors (Lipinski definition) is 0. The van der Waals surface area contributed by atoms with E-state index in [0.29, 0.717) is 0 Å². The molecule has 1 rings (SSSR count). The first kappa shape index (κ1) is 15.8. The largest absolute Gasteiger partial charge is 2.00 e. The van der Waals surface area contributed by atoms with Gasteiger partial charge in [0.15, 0.2) is 0 Å². The maximum Gasteiger partial charge on any atom is 2.00 e. The van der Waals surface area contributed by atoms with Crippen LogP contribution in [0.4, 0.5) is 0 Å². The molecule has 0 spiro atoms. The minimum absolute atomic E-state index is 0. The van der Waals surface area contributed by atoms with Gasteiger partial charge in [-0.25, -0.2) is 0 Å². The Morgan fingerprint density at radius 3 is 1.20 bits per heavy atom. The summed E-state index contributed by atoms with van der Waals surface area (Å²) in [4.78, 5) is 0. The Kier molecular flexibility index (Phi) is 6.25. The van der Waals surface area contributed by atoms with Crippen molar-refractivity contribution in [3.05, 3.63) is 33.4 Å². The Labute approximate surface area is 122 Å². The summed E-state index contributed by atoms with van der Waals surface area (Å²) >= 11 is 7.19. The molecule has 0 bridgehead atoms. The Bertz CT molecular complexity index is 341. The first-order valence-corrected chi connectivity index (χ1v) is 6.56. The van der Waals surface area contributed by atoms with E-state index in [4.69, 9.17) is 0 Å². The van der Waals surface area contributed by atoms with E-state index in [1.54, 1.807) is 0 Å². The Morgan fingerprint density at radius 1 is 0.667 bits per heavy atom. The summed E-state index contributed by atoms with van der Waals surface area (Å²) in [5, 5.41) is 0. The van der Waals surface area contributed by atoms with Crippen molar-refractivity contribution in [1.82, 2.24) is 0 Å². The van der Waals surface area contributed by atoms with Gasteiger partial charge in [-0.05, 0) is 68.0 Å². The van der Waals surface area contributed by atoms with Gasteiger partial charge >= 0.3 is 19.5 Å². The van der Waals surface area contributed by atoms with Gasteiger partial charge in [0.05, 0.1) is 3.74 Å². The quantitative estimate of drug-likeness (QED) is 0.442. The van der Waals surface area contributed by atoms with Gasteiger partial charge in [-0.15, -0.1) is 0 Å². The normalized spacial score (nSPS) is 10.4. The van der Waals surface area contributed by atoms with Crippen LogP contribution in [0.25, 0.3) is 0 Å². The molecule has 15 heavy (non-hydrogen) atoms. The van der Waals surface area contributed by atoms with Gasteiger partial charge in [-0.1, -0.05) is 31.9 Å². The molecule has 0 saturated heterocycles. The van der Waals surface area contributed by atoms with Crippen LogP contribution in [0.15, 0.2) is 0 Å². The second-order valence-corrected chi connectivity index (χ2v) is 6.90. The van der Waals surface area contributed by atoms with E-state index < -0.39 is 0 Å². The number of halogens is 2. The predicted molar refractivity (Wildman–Crippen MR) is 70.7 cm³/mol. The number of benzene rings is 1. The van der Waals surface area contributed by atoms with Gasteiger partial charge in [0.2, 0.25) is 0 Å². The van der Waals surface area contributed by atoms with E-state index in [2.05, 4.69) is 66.5 Å². The Hall–Kier alpha value is 0.803. The zero-order chi connectivity index (χ0) is 11.0. The third kappa shape index (κ3) is 2.92. The van der Waals surface area contributed by atoms with Gasteiger partial charge in [-0.3, -0.25) is 0 Å². The van der Waals surface area contributed by atoms with Gasteiger partial charge < -0.3 is 0 Å². The van der Waals surface area contributed by atoms with Gasteiger partial charge in [0.1, 0.15) is 0 Å². The maximum atomic E-state index is 3.59. The topological polar surface area (TPSA) is 0 Å². The average Bonchev–Trinajstić information content (AvgIpc) is 2.11. The summed E-state index contributed by atoms with van der Waals surface area (Å²) in [5.74, 6) is 0. The van der Waals surface area contributed by atoms with E-state index in [-0.39, 0.29) is 23.2 Å². The Morgan fingerprint density at radius 2 is 0.933 bits per heavy atom. The molecule has 0 fully saturated rings. The van der Waals surface area contributed by atoms with Crippen molar-refractivity contribution in [2.45, 2.75) is 38.4 Å². The molecule has 3 heteroatoms. The molecule has 0 N–H and O–H groups in total. The summed E-state index contributed by atoms with van der Waals surface area (Å²) in [7, 11) is 0. The summed E-state index contributed by atoms with van der Waals surface area (Å²) in [5.41, 5.74) is 8.41. The molecule has 84 valence electrons. The van der Waals surface area contributed by atoms with Gasteiger partial charge in [-0.2, -0.15) is 0 Å². The molecule has 0 saturated carbocycles. The minimum atomic E-state index is 0. The Balaban J connectivity index is 0.00000196. The number of alkyl halides is 2. The van der Waals surface area contributed by atoms with Crippen molar-refractivity contribution in [2.75, 3.05) is 0 Å². The molecular weight excluding hydrogens is 405 g/mol. The molecule has 0 radical (unpaired) electrons. The fourth-order valence-electron chi connectivity index (χ4n) is 1.86. The predicted octanol–water partition coefficient (Wildman–Crippen LogP) is 5.01. The van der Waals surface area contributed by atoms with Crippen molar-refractivity contribution >= 4 is 31.9 Å². The molecule has 1 aromatic carbocycles. The van der Waals surface area contributed by atoms with Crippen molar-refractivity contribution in [3.63, 3.8) is 0 Å². The van der Waals surface area contributed by atoms with Crippen LogP contribution < -0.4 is 0 Å². The summed E-state index contributed by atoms with van der Waals surface area (Å²) < 4.78 is 0.257. The molecule has 0 atom stereocenters. The molecule has 0 aliphatic rings. The average molecular weight is 421 g/mol. The molecule has 0 heterocycles. The third-order valence-electron chi connectivity index (χ3n) is 3.28. The SMILES string of the molecule is Cc1c(C)c(C)c(C(Br)Br)c(C)c1C.[Ru+2]. The second-order valence-electron chi connectivity index (χ2n) is 3.84. The van der Waals surface area contributed by atoms with Crippen LogP contribution in [0.5, 0.6) is 0 Å². The molecule has 0 nitrogen and oxygen atoms in total.